The van der Waals surface area contributed by atoms with Gasteiger partial charge in [0, 0.05) is 12.3 Å². The Morgan fingerprint density at radius 3 is 2.24 bits per heavy atom. The first-order valence-corrected chi connectivity index (χ1v) is 6.87. The molecule has 0 bridgehead atoms. The van der Waals surface area contributed by atoms with Gasteiger partial charge in [-0.05, 0) is 19.8 Å². The van der Waals surface area contributed by atoms with Gasteiger partial charge in [-0.2, -0.15) is 0 Å². The molecular weight excluding hydrogens is 214 g/mol. The van der Waals surface area contributed by atoms with Gasteiger partial charge in [-0.25, -0.2) is 0 Å². The van der Waals surface area contributed by atoms with Crippen molar-refractivity contribution in [1.29, 1.82) is 0 Å². The minimum absolute atomic E-state index is 0.372. The molecule has 3 nitrogen and oxygen atoms in total. The molecule has 0 radical (unpaired) electrons. The highest BCUT2D eigenvalue weighted by Gasteiger charge is 2.19. The quantitative estimate of drug-likeness (QED) is 0.465. The molecular formula is C14H27NO2. The van der Waals surface area contributed by atoms with Crippen molar-refractivity contribution in [2.45, 2.75) is 65.7 Å². The van der Waals surface area contributed by atoms with Crippen LogP contribution in [0.1, 0.15) is 65.7 Å². The Bertz CT molecular complexity index is 236. The number of nitrogens with zero attached hydrogens (tertiary/aromatic N) is 1. The van der Waals surface area contributed by atoms with Gasteiger partial charge in [0.15, 0.2) is 0 Å². The number of hydrogen-bond acceptors (Lipinski definition) is 2. The van der Waals surface area contributed by atoms with E-state index in [0.29, 0.717) is 0 Å². The number of aliphatic imine (C=N–C) groups is 1. The zero-order valence-electron chi connectivity index (χ0n) is 11.5. The third kappa shape index (κ3) is 7.94. The molecule has 0 aliphatic heterocycles. The van der Waals surface area contributed by atoms with Crippen molar-refractivity contribution >= 4 is 11.7 Å². The summed E-state index contributed by atoms with van der Waals surface area (Å²) < 4.78 is 0. The predicted octanol–water partition coefficient (Wildman–Crippen LogP) is 3.92. The summed E-state index contributed by atoms with van der Waals surface area (Å²) in [5.74, 6) is -1.10. The van der Waals surface area contributed by atoms with Gasteiger partial charge >= 0.3 is 5.97 Å². The molecule has 0 saturated carbocycles. The van der Waals surface area contributed by atoms with E-state index < -0.39 is 5.97 Å². The first-order chi connectivity index (χ1) is 8.13. The first-order valence-electron chi connectivity index (χ1n) is 6.87. The van der Waals surface area contributed by atoms with Crippen molar-refractivity contribution in [3.63, 3.8) is 0 Å². The van der Waals surface area contributed by atoms with Crippen molar-refractivity contribution in [2.75, 3.05) is 6.54 Å². The Balaban J connectivity index is 4.13. The summed E-state index contributed by atoms with van der Waals surface area (Å²) in [5, 5.41) is 9.16. The molecule has 0 aromatic heterocycles. The molecule has 0 fully saturated rings. The van der Waals surface area contributed by atoms with Crippen molar-refractivity contribution < 1.29 is 9.90 Å². The fourth-order valence-corrected chi connectivity index (χ4v) is 1.84. The molecule has 1 unspecified atom stereocenters. The summed E-state index contributed by atoms with van der Waals surface area (Å²) in [7, 11) is 0. The molecule has 0 aromatic carbocycles. The number of carboxylic acid groups (broad SMARTS) is 1. The van der Waals surface area contributed by atoms with E-state index in [1.54, 1.807) is 0 Å². The molecule has 1 atom stereocenters. The molecule has 1 N–H and O–H groups in total. The normalized spacial score (nSPS) is 13.7. The average molecular weight is 241 g/mol. The number of carboxylic acids is 1. The highest BCUT2D eigenvalue weighted by atomic mass is 16.4. The number of carbonyl (C=O) groups is 1. The Morgan fingerprint density at radius 1 is 1.12 bits per heavy atom. The van der Waals surface area contributed by atoms with Crippen LogP contribution in [0.25, 0.3) is 0 Å². The summed E-state index contributed by atoms with van der Waals surface area (Å²) in [6.07, 6.45) is 7.35. The van der Waals surface area contributed by atoms with Gasteiger partial charge < -0.3 is 5.11 Å². The van der Waals surface area contributed by atoms with E-state index in [1.807, 2.05) is 6.92 Å². The van der Waals surface area contributed by atoms with Gasteiger partial charge in [0.2, 0.25) is 0 Å². The number of hydrogen-bond donors (Lipinski definition) is 1. The van der Waals surface area contributed by atoms with E-state index >= 15 is 0 Å². The van der Waals surface area contributed by atoms with E-state index in [2.05, 4.69) is 18.8 Å². The first kappa shape index (κ1) is 16.1. The summed E-state index contributed by atoms with van der Waals surface area (Å²) >= 11 is 0. The molecule has 0 aliphatic rings. The van der Waals surface area contributed by atoms with Crippen molar-refractivity contribution in [3.05, 3.63) is 0 Å². The predicted molar refractivity (Wildman–Crippen MR) is 72.8 cm³/mol. The maximum atomic E-state index is 11.1. The van der Waals surface area contributed by atoms with Crippen molar-refractivity contribution in [2.24, 2.45) is 10.9 Å². The molecule has 0 saturated heterocycles. The van der Waals surface area contributed by atoms with Crippen LogP contribution in [0.5, 0.6) is 0 Å². The number of rotatable bonds is 10. The van der Waals surface area contributed by atoms with Gasteiger partial charge in [-0.15, -0.1) is 0 Å². The van der Waals surface area contributed by atoms with Crippen LogP contribution < -0.4 is 0 Å². The molecule has 17 heavy (non-hydrogen) atoms. The third-order valence-electron chi connectivity index (χ3n) is 3.02. The van der Waals surface area contributed by atoms with Crippen LogP contribution in [0, 0.1) is 5.92 Å². The van der Waals surface area contributed by atoms with Crippen molar-refractivity contribution in [3.8, 4) is 0 Å². The maximum absolute atomic E-state index is 11.1. The lowest BCUT2D eigenvalue weighted by Crippen LogP contribution is -2.22. The zero-order chi connectivity index (χ0) is 13.1. The third-order valence-corrected chi connectivity index (χ3v) is 3.02. The van der Waals surface area contributed by atoms with E-state index in [4.69, 9.17) is 5.11 Å². The second kappa shape index (κ2) is 10.3. The molecule has 0 aliphatic carbocycles. The Kier molecular flexibility index (Phi) is 9.78. The molecule has 0 aromatic rings. The van der Waals surface area contributed by atoms with E-state index in [0.717, 1.165) is 44.4 Å². The number of aliphatic carboxylic acids is 1. The lowest BCUT2D eigenvalue weighted by molar-refractivity contribution is -0.139. The largest absolute Gasteiger partial charge is 0.481 e. The van der Waals surface area contributed by atoms with E-state index in [-0.39, 0.29) is 5.92 Å². The topological polar surface area (TPSA) is 49.7 Å². The summed E-state index contributed by atoms with van der Waals surface area (Å²) in [6, 6.07) is 0. The summed E-state index contributed by atoms with van der Waals surface area (Å²) in [6.45, 7) is 6.91. The van der Waals surface area contributed by atoms with Gasteiger partial charge in [0.05, 0.1) is 5.92 Å². The molecule has 3 heteroatoms. The Morgan fingerprint density at radius 2 is 1.71 bits per heavy atom. The highest BCUT2D eigenvalue weighted by molar-refractivity contribution is 6.00. The Hall–Kier alpha value is -0.860. The fraction of sp³-hybridized carbons (Fsp3) is 0.857. The SMILES string of the molecule is CCCCCN=C(C)C(CCCCC)C(=O)O. The minimum Gasteiger partial charge on any atom is -0.481 e. The number of unbranched alkanes of at least 4 members (excludes halogenated alkanes) is 4. The van der Waals surface area contributed by atoms with Crippen LogP contribution in [-0.2, 0) is 4.79 Å². The highest BCUT2D eigenvalue weighted by Crippen LogP contribution is 2.13. The van der Waals surface area contributed by atoms with Gasteiger partial charge in [0.1, 0.15) is 0 Å². The molecule has 0 heterocycles. The van der Waals surface area contributed by atoms with Crippen molar-refractivity contribution in [1.82, 2.24) is 0 Å². The van der Waals surface area contributed by atoms with Crippen LogP contribution in [-0.4, -0.2) is 23.3 Å². The lowest BCUT2D eigenvalue weighted by Gasteiger charge is -2.11. The molecule has 100 valence electrons. The second-order valence-corrected chi connectivity index (χ2v) is 4.62. The van der Waals surface area contributed by atoms with E-state index in [9.17, 15) is 4.79 Å². The van der Waals surface area contributed by atoms with Crippen LogP contribution in [0.3, 0.4) is 0 Å². The smallest absolute Gasteiger partial charge is 0.312 e. The van der Waals surface area contributed by atoms with Gasteiger partial charge in [-0.1, -0.05) is 46.0 Å². The molecule has 0 spiro atoms. The van der Waals surface area contributed by atoms with Crippen LogP contribution in [0.15, 0.2) is 4.99 Å². The minimum atomic E-state index is -0.724. The van der Waals surface area contributed by atoms with E-state index in [1.165, 1.54) is 12.8 Å². The molecule has 0 rings (SSSR count). The summed E-state index contributed by atoms with van der Waals surface area (Å²) in [5.41, 5.74) is 0.796. The maximum Gasteiger partial charge on any atom is 0.312 e. The van der Waals surface area contributed by atoms with Gasteiger partial charge in [0.25, 0.3) is 0 Å². The monoisotopic (exact) mass is 241 g/mol. The lowest BCUT2D eigenvalue weighted by atomic mass is 9.97. The standard InChI is InChI=1S/C14H27NO2/c1-4-6-8-10-13(14(16)17)12(3)15-11-9-7-5-2/h13H,4-11H2,1-3H3,(H,16,17). The second-order valence-electron chi connectivity index (χ2n) is 4.62. The molecule has 0 amide bonds. The van der Waals surface area contributed by atoms with Crippen LogP contribution in [0.4, 0.5) is 0 Å². The Labute approximate surface area is 105 Å². The van der Waals surface area contributed by atoms with Gasteiger partial charge in [-0.3, -0.25) is 9.79 Å². The summed E-state index contributed by atoms with van der Waals surface area (Å²) in [4.78, 5) is 15.5. The zero-order valence-corrected chi connectivity index (χ0v) is 11.5. The van der Waals surface area contributed by atoms with Crippen LogP contribution >= 0.6 is 0 Å². The van der Waals surface area contributed by atoms with Crippen LogP contribution in [0.2, 0.25) is 0 Å². The fourth-order valence-electron chi connectivity index (χ4n) is 1.84. The average Bonchev–Trinajstić information content (AvgIpc) is 2.29.